The average molecular weight is 281 g/mol. The molecule has 4 unspecified atom stereocenters. The summed E-state index contributed by atoms with van der Waals surface area (Å²) in [6.45, 7) is 0. The van der Waals surface area contributed by atoms with Crippen molar-refractivity contribution in [2.75, 3.05) is 0 Å². The van der Waals surface area contributed by atoms with E-state index in [1.807, 2.05) is 12.1 Å². The Morgan fingerprint density at radius 3 is 2.44 bits per heavy atom. The lowest BCUT2D eigenvalue weighted by Gasteiger charge is -2.09. The molecule has 0 amide bonds. The summed E-state index contributed by atoms with van der Waals surface area (Å²) in [7, 11) is 0. The Labute approximate surface area is 116 Å². The van der Waals surface area contributed by atoms with E-state index in [1.165, 1.54) is 19.3 Å². The number of fused-ring (bicyclic) bond motifs is 5. The van der Waals surface area contributed by atoms with Gasteiger partial charge < -0.3 is 0 Å². The fourth-order valence-corrected chi connectivity index (χ4v) is 4.94. The molecular weight excluding hydrogens is 267 g/mol. The lowest BCUT2D eigenvalue weighted by atomic mass is 9.96. The van der Waals surface area contributed by atoms with E-state index in [-0.39, 0.29) is 11.7 Å². The molecule has 1 aromatic rings. The van der Waals surface area contributed by atoms with Crippen molar-refractivity contribution in [3.8, 4) is 0 Å². The summed E-state index contributed by atoms with van der Waals surface area (Å²) in [5, 5.41) is 0.915. The van der Waals surface area contributed by atoms with Gasteiger partial charge in [-0.15, -0.1) is 0 Å². The molecule has 0 aromatic heterocycles. The molecule has 94 valence electrons. The molecule has 1 aromatic carbocycles. The smallest absolute Gasteiger partial charge is 0.168 e. The number of carbonyl (C=O) groups is 1. The van der Waals surface area contributed by atoms with E-state index >= 15 is 0 Å². The first-order valence-electron chi connectivity index (χ1n) is 6.66. The number of halogens is 2. The number of Topliss-reactive ketones (excluding diaryl/α,β-unsaturated/α-hetero) is 1. The molecule has 3 fully saturated rings. The molecule has 0 spiro atoms. The Bertz CT molecular complexity index is 523. The van der Waals surface area contributed by atoms with Crippen molar-refractivity contribution in [3.05, 3.63) is 33.8 Å². The zero-order valence-electron chi connectivity index (χ0n) is 9.90. The highest BCUT2D eigenvalue weighted by atomic mass is 35.5. The van der Waals surface area contributed by atoms with E-state index in [4.69, 9.17) is 23.2 Å². The monoisotopic (exact) mass is 280 g/mol. The van der Waals surface area contributed by atoms with E-state index in [2.05, 4.69) is 0 Å². The Hall–Kier alpha value is -0.530. The number of hydrogen-bond donors (Lipinski definition) is 0. The van der Waals surface area contributed by atoms with Gasteiger partial charge in [-0.1, -0.05) is 29.3 Å². The van der Waals surface area contributed by atoms with Crippen LogP contribution in [0.4, 0.5) is 0 Å². The molecule has 3 aliphatic carbocycles. The third kappa shape index (κ3) is 1.38. The zero-order valence-corrected chi connectivity index (χ0v) is 11.4. The maximum Gasteiger partial charge on any atom is 0.168 e. The number of hydrogen-bond acceptors (Lipinski definition) is 1. The van der Waals surface area contributed by atoms with Gasteiger partial charge in [-0.05, 0) is 55.1 Å². The van der Waals surface area contributed by atoms with Gasteiger partial charge >= 0.3 is 0 Å². The quantitative estimate of drug-likeness (QED) is 0.731. The second-order valence-corrected chi connectivity index (χ2v) is 6.76. The minimum atomic E-state index is 0.231. The van der Waals surface area contributed by atoms with Crippen LogP contribution in [0.25, 0.3) is 0 Å². The molecule has 18 heavy (non-hydrogen) atoms. The molecule has 0 heterocycles. The molecular formula is C15H14Cl2O. The highest BCUT2D eigenvalue weighted by Crippen LogP contribution is 2.70. The minimum absolute atomic E-state index is 0.231. The van der Waals surface area contributed by atoms with Gasteiger partial charge in [-0.25, -0.2) is 0 Å². The van der Waals surface area contributed by atoms with Gasteiger partial charge in [-0.2, -0.15) is 0 Å². The van der Waals surface area contributed by atoms with Crippen molar-refractivity contribution < 1.29 is 4.79 Å². The lowest BCUT2D eigenvalue weighted by molar-refractivity contribution is 0.0944. The van der Waals surface area contributed by atoms with E-state index in [1.54, 1.807) is 6.07 Å². The van der Waals surface area contributed by atoms with Crippen molar-refractivity contribution in [3.63, 3.8) is 0 Å². The van der Waals surface area contributed by atoms with Gasteiger partial charge in [0.15, 0.2) is 5.78 Å². The zero-order chi connectivity index (χ0) is 12.4. The van der Waals surface area contributed by atoms with E-state index in [9.17, 15) is 4.79 Å². The fourth-order valence-electron chi connectivity index (χ4n) is 4.55. The van der Waals surface area contributed by atoms with Crippen LogP contribution in [0, 0.1) is 29.6 Å². The van der Waals surface area contributed by atoms with Crippen LogP contribution in [0.2, 0.25) is 10.0 Å². The second-order valence-electron chi connectivity index (χ2n) is 5.98. The molecule has 0 aliphatic heterocycles. The first-order valence-corrected chi connectivity index (χ1v) is 7.42. The summed E-state index contributed by atoms with van der Waals surface area (Å²) in [4.78, 5) is 12.6. The lowest BCUT2D eigenvalue weighted by Crippen LogP contribution is -2.10. The van der Waals surface area contributed by atoms with Crippen molar-refractivity contribution in [1.82, 2.24) is 0 Å². The van der Waals surface area contributed by atoms with Crippen molar-refractivity contribution in [1.29, 1.82) is 0 Å². The summed E-state index contributed by atoms with van der Waals surface area (Å²) < 4.78 is 0. The number of carbonyl (C=O) groups excluding carboxylic acids is 1. The van der Waals surface area contributed by atoms with Crippen LogP contribution < -0.4 is 0 Å². The SMILES string of the molecule is O=C(c1cccc(Cl)c1Cl)C1C2C3CCC(C3)C12. The van der Waals surface area contributed by atoms with Crippen LogP contribution in [0.15, 0.2) is 18.2 Å². The fraction of sp³-hybridized carbons (Fsp3) is 0.533. The van der Waals surface area contributed by atoms with Crippen molar-refractivity contribution in [2.24, 2.45) is 29.6 Å². The van der Waals surface area contributed by atoms with Gasteiger partial charge in [-0.3, -0.25) is 4.79 Å². The number of benzene rings is 1. The molecule has 4 atom stereocenters. The van der Waals surface area contributed by atoms with Crippen LogP contribution in [0.3, 0.4) is 0 Å². The van der Waals surface area contributed by atoms with Gasteiger partial charge in [0.25, 0.3) is 0 Å². The summed E-state index contributed by atoms with van der Waals surface area (Å²) in [5.41, 5.74) is 0.628. The molecule has 3 saturated carbocycles. The number of rotatable bonds is 2. The predicted molar refractivity (Wildman–Crippen MR) is 72.1 cm³/mol. The van der Waals surface area contributed by atoms with Crippen LogP contribution in [0.5, 0.6) is 0 Å². The summed E-state index contributed by atoms with van der Waals surface area (Å²) >= 11 is 12.1. The molecule has 4 rings (SSSR count). The van der Waals surface area contributed by atoms with Gasteiger partial charge in [0.2, 0.25) is 0 Å². The largest absolute Gasteiger partial charge is 0.294 e. The van der Waals surface area contributed by atoms with E-state index in [0.717, 1.165) is 11.8 Å². The third-order valence-electron chi connectivity index (χ3n) is 5.26. The molecule has 0 radical (unpaired) electrons. The summed E-state index contributed by atoms with van der Waals surface area (Å²) in [5.74, 6) is 3.41. The average Bonchev–Trinajstić information content (AvgIpc) is 2.80. The van der Waals surface area contributed by atoms with E-state index < -0.39 is 0 Å². The minimum Gasteiger partial charge on any atom is -0.294 e. The molecule has 3 aliphatic rings. The Kier molecular flexibility index (Phi) is 2.35. The maximum absolute atomic E-state index is 12.6. The normalized spacial score (nSPS) is 39.8. The van der Waals surface area contributed by atoms with Gasteiger partial charge in [0.1, 0.15) is 0 Å². The highest BCUT2D eigenvalue weighted by Gasteiger charge is 2.67. The molecule has 0 saturated heterocycles. The Morgan fingerprint density at radius 2 is 1.78 bits per heavy atom. The first kappa shape index (κ1) is 11.3. The molecule has 0 N–H and O–H groups in total. The predicted octanol–water partition coefficient (Wildman–Crippen LogP) is 4.47. The molecule has 1 nitrogen and oxygen atoms in total. The van der Waals surface area contributed by atoms with Gasteiger partial charge in [0, 0.05) is 11.5 Å². The van der Waals surface area contributed by atoms with Crippen LogP contribution in [-0.4, -0.2) is 5.78 Å². The van der Waals surface area contributed by atoms with Crippen molar-refractivity contribution in [2.45, 2.75) is 19.3 Å². The summed E-state index contributed by atoms with van der Waals surface area (Å²) in [6, 6.07) is 5.36. The summed E-state index contributed by atoms with van der Waals surface area (Å²) in [6.07, 6.45) is 4.03. The van der Waals surface area contributed by atoms with Crippen LogP contribution in [0.1, 0.15) is 29.6 Å². The molecule has 3 heteroatoms. The maximum atomic E-state index is 12.6. The Morgan fingerprint density at radius 1 is 1.11 bits per heavy atom. The Balaban J connectivity index is 1.64. The van der Waals surface area contributed by atoms with E-state index in [0.29, 0.717) is 27.4 Å². The topological polar surface area (TPSA) is 17.1 Å². The standard InChI is InChI=1S/C15H14Cl2O/c16-10-3-1-2-9(14(10)17)15(18)13-11-7-4-5-8(6-7)12(11)13/h1-3,7-8,11-13H,4-6H2. The van der Waals surface area contributed by atoms with Crippen LogP contribution in [-0.2, 0) is 0 Å². The highest BCUT2D eigenvalue weighted by molar-refractivity contribution is 6.44. The molecule has 2 bridgehead atoms. The van der Waals surface area contributed by atoms with Gasteiger partial charge in [0.05, 0.1) is 10.0 Å². The first-order chi connectivity index (χ1) is 8.68. The van der Waals surface area contributed by atoms with Crippen molar-refractivity contribution >= 4 is 29.0 Å². The van der Waals surface area contributed by atoms with Crippen LogP contribution >= 0.6 is 23.2 Å². The third-order valence-corrected chi connectivity index (χ3v) is 6.07. The second kappa shape index (κ2) is 3.74. The number of ketones is 1.